The summed E-state index contributed by atoms with van der Waals surface area (Å²) in [6, 6.07) is 10.5. The fourth-order valence-electron chi connectivity index (χ4n) is 1.60. The number of hydrogen-bond donors (Lipinski definition) is 1. The van der Waals surface area contributed by atoms with Crippen LogP contribution in [0.3, 0.4) is 0 Å². The van der Waals surface area contributed by atoms with E-state index < -0.39 is 0 Å². The third-order valence-corrected chi connectivity index (χ3v) is 4.11. The summed E-state index contributed by atoms with van der Waals surface area (Å²) in [5, 5.41) is 9.65. The molecule has 1 aromatic heterocycles. The van der Waals surface area contributed by atoms with Gasteiger partial charge in [0.25, 0.3) is 5.91 Å². The summed E-state index contributed by atoms with van der Waals surface area (Å²) in [7, 11) is 1.72. The van der Waals surface area contributed by atoms with Crippen LogP contribution >= 0.6 is 27.3 Å². The highest BCUT2D eigenvalue weighted by molar-refractivity contribution is 9.11. The van der Waals surface area contributed by atoms with Crippen molar-refractivity contribution in [2.45, 2.75) is 6.54 Å². The fraction of sp³-hybridized carbons (Fsp3) is 0.154. The summed E-state index contributed by atoms with van der Waals surface area (Å²) < 4.78 is 1.04. The molecule has 0 unspecified atom stereocenters. The van der Waals surface area contributed by atoms with Crippen LogP contribution in [-0.2, 0) is 6.54 Å². The first-order valence-corrected chi connectivity index (χ1v) is 6.96. The maximum absolute atomic E-state index is 12.1. The fourth-order valence-corrected chi connectivity index (χ4v) is 3.14. The number of benzene rings is 1. The minimum atomic E-state index is -0.183. The van der Waals surface area contributed by atoms with Crippen LogP contribution in [-0.4, -0.2) is 23.0 Å². The van der Waals surface area contributed by atoms with Gasteiger partial charge in [-0.1, -0.05) is 12.1 Å². The molecule has 0 atom stereocenters. The van der Waals surface area contributed by atoms with Gasteiger partial charge in [0.2, 0.25) is 0 Å². The second kappa shape index (κ2) is 5.54. The van der Waals surface area contributed by atoms with E-state index in [9.17, 15) is 9.90 Å². The lowest BCUT2D eigenvalue weighted by molar-refractivity contribution is 0.0783. The lowest BCUT2D eigenvalue weighted by Crippen LogP contribution is -2.25. The van der Waals surface area contributed by atoms with Crippen LogP contribution in [0.2, 0.25) is 0 Å². The lowest BCUT2D eigenvalue weighted by Gasteiger charge is -2.16. The van der Waals surface area contributed by atoms with Crippen molar-refractivity contribution in [3.8, 4) is 5.75 Å². The Bertz CT molecular complexity index is 568. The Labute approximate surface area is 118 Å². The Morgan fingerprint density at radius 2 is 2.06 bits per heavy atom. The van der Waals surface area contributed by atoms with Crippen LogP contribution in [0.25, 0.3) is 0 Å². The Morgan fingerprint density at radius 1 is 1.33 bits per heavy atom. The maximum Gasteiger partial charge on any atom is 0.257 e. The van der Waals surface area contributed by atoms with Crippen LogP contribution in [0.1, 0.15) is 15.2 Å². The topological polar surface area (TPSA) is 40.5 Å². The van der Waals surface area contributed by atoms with Crippen molar-refractivity contribution < 1.29 is 9.90 Å². The van der Waals surface area contributed by atoms with Crippen molar-refractivity contribution in [2.24, 2.45) is 0 Å². The molecular weight excluding hydrogens is 314 g/mol. The molecule has 0 fully saturated rings. The van der Waals surface area contributed by atoms with E-state index in [1.54, 1.807) is 41.5 Å². The summed E-state index contributed by atoms with van der Waals surface area (Å²) in [6.07, 6.45) is 0. The zero-order valence-electron chi connectivity index (χ0n) is 9.76. The van der Waals surface area contributed by atoms with Gasteiger partial charge in [-0.15, -0.1) is 11.3 Å². The van der Waals surface area contributed by atoms with Crippen LogP contribution in [0.4, 0.5) is 0 Å². The summed E-state index contributed by atoms with van der Waals surface area (Å²) in [5.41, 5.74) is 0.329. The Kier molecular flexibility index (Phi) is 4.04. The molecule has 1 N–H and O–H groups in total. The van der Waals surface area contributed by atoms with E-state index in [0.717, 1.165) is 8.66 Å². The largest absolute Gasteiger partial charge is 0.507 e. The van der Waals surface area contributed by atoms with E-state index in [2.05, 4.69) is 15.9 Å². The molecule has 0 bridgehead atoms. The minimum absolute atomic E-state index is 0.0155. The van der Waals surface area contributed by atoms with Crippen LogP contribution in [0.5, 0.6) is 5.75 Å². The smallest absolute Gasteiger partial charge is 0.257 e. The molecule has 0 saturated carbocycles. The van der Waals surface area contributed by atoms with Gasteiger partial charge in [-0.2, -0.15) is 0 Å². The summed E-state index contributed by atoms with van der Waals surface area (Å²) in [5.74, 6) is -0.167. The van der Waals surface area contributed by atoms with Gasteiger partial charge in [-0.05, 0) is 40.2 Å². The molecule has 0 radical (unpaired) electrons. The second-order valence-corrected chi connectivity index (χ2v) is 6.43. The predicted molar refractivity (Wildman–Crippen MR) is 75.9 cm³/mol. The van der Waals surface area contributed by atoms with Gasteiger partial charge in [-0.3, -0.25) is 4.79 Å². The van der Waals surface area contributed by atoms with Crippen molar-refractivity contribution in [1.29, 1.82) is 0 Å². The third kappa shape index (κ3) is 2.91. The molecule has 5 heteroatoms. The number of thiophene rings is 1. The number of carbonyl (C=O) groups is 1. The molecule has 94 valence electrons. The number of carbonyl (C=O) groups excluding carboxylic acids is 1. The first kappa shape index (κ1) is 13.1. The highest BCUT2D eigenvalue weighted by Gasteiger charge is 2.15. The quantitative estimate of drug-likeness (QED) is 0.938. The molecule has 0 aliphatic rings. The number of phenols is 1. The van der Waals surface area contributed by atoms with Gasteiger partial charge in [-0.25, -0.2) is 0 Å². The number of phenolic OH excluding ortho intramolecular Hbond substituents is 1. The first-order chi connectivity index (χ1) is 8.58. The highest BCUT2D eigenvalue weighted by Crippen LogP contribution is 2.24. The lowest BCUT2D eigenvalue weighted by atomic mass is 10.2. The van der Waals surface area contributed by atoms with E-state index in [1.807, 2.05) is 12.1 Å². The Morgan fingerprint density at radius 3 is 2.67 bits per heavy atom. The first-order valence-electron chi connectivity index (χ1n) is 5.35. The molecule has 0 saturated heterocycles. The molecular formula is C13H12BrNO2S. The zero-order valence-corrected chi connectivity index (χ0v) is 12.2. The molecule has 2 rings (SSSR count). The predicted octanol–water partition coefficient (Wildman–Crippen LogP) is 3.49. The number of rotatable bonds is 3. The summed E-state index contributed by atoms with van der Waals surface area (Å²) >= 11 is 4.98. The molecule has 2 aromatic rings. The summed E-state index contributed by atoms with van der Waals surface area (Å²) in [4.78, 5) is 14.8. The monoisotopic (exact) mass is 325 g/mol. The van der Waals surface area contributed by atoms with E-state index in [0.29, 0.717) is 12.1 Å². The number of halogens is 1. The normalized spacial score (nSPS) is 10.3. The Balaban J connectivity index is 2.12. The molecule has 3 nitrogen and oxygen atoms in total. The van der Waals surface area contributed by atoms with Crippen molar-refractivity contribution in [1.82, 2.24) is 4.90 Å². The van der Waals surface area contributed by atoms with Crippen molar-refractivity contribution in [2.75, 3.05) is 7.05 Å². The number of amides is 1. The molecule has 0 aliphatic heterocycles. The molecule has 0 aliphatic carbocycles. The number of hydrogen-bond acceptors (Lipinski definition) is 3. The molecule has 1 aromatic carbocycles. The average molecular weight is 326 g/mol. The number of aromatic hydroxyl groups is 1. The van der Waals surface area contributed by atoms with Crippen LogP contribution < -0.4 is 0 Å². The standard InChI is InChI=1S/C13H12BrNO2S/c1-15(8-9-6-7-12(14)18-9)13(17)10-4-2-3-5-11(10)16/h2-7,16H,8H2,1H3. The van der Waals surface area contributed by atoms with Crippen LogP contribution in [0, 0.1) is 0 Å². The molecule has 0 spiro atoms. The van der Waals surface area contributed by atoms with E-state index >= 15 is 0 Å². The second-order valence-electron chi connectivity index (χ2n) is 3.88. The van der Waals surface area contributed by atoms with Gasteiger partial charge >= 0.3 is 0 Å². The Hall–Kier alpha value is -1.33. The van der Waals surface area contributed by atoms with Gasteiger partial charge in [0, 0.05) is 11.9 Å². The minimum Gasteiger partial charge on any atom is -0.507 e. The third-order valence-electron chi connectivity index (χ3n) is 2.50. The SMILES string of the molecule is CN(Cc1ccc(Br)s1)C(=O)c1ccccc1O. The van der Waals surface area contributed by atoms with Gasteiger partial charge < -0.3 is 10.0 Å². The molecule has 1 amide bonds. The van der Waals surface area contributed by atoms with E-state index in [-0.39, 0.29) is 11.7 Å². The van der Waals surface area contributed by atoms with Gasteiger partial charge in [0.05, 0.1) is 15.9 Å². The van der Waals surface area contributed by atoms with Gasteiger partial charge in [0.15, 0.2) is 0 Å². The maximum atomic E-state index is 12.1. The number of para-hydroxylation sites is 1. The molecule has 1 heterocycles. The van der Waals surface area contributed by atoms with E-state index in [1.165, 1.54) is 6.07 Å². The zero-order chi connectivity index (χ0) is 13.1. The van der Waals surface area contributed by atoms with Crippen molar-refractivity contribution in [3.63, 3.8) is 0 Å². The van der Waals surface area contributed by atoms with Crippen LogP contribution in [0.15, 0.2) is 40.2 Å². The summed E-state index contributed by atoms with van der Waals surface area (Å²) in [6.45, 7) is 0.531. The number of nitrogens with zero attached hydrogens (tertiary/aromatic N) is 1. The highest BCUT2D eigenvalue weighted by atomic mass is 79.9. The van der Waals surface area contributed by atoms with E-state index in [4.69, 9.17) is 0 Å². The van der Waals surface area contributed by atoms with Gasteiger partial charge in [0.1, 0.15) is 5.75 Å². The average Bonchev–Trinajstić information content (AvgIpc) is 2.74. The molecule has 18 heavy (non-hydrogen) atoms. The van der Waals surface area contributed by atoms with Crippen molar-refractivity contribution >= 4 is 33.2 Å². The van der Waals surface area contributed by atoms with Crippen molar-refractivity contribution in [3.05, 3.63) is 50.6 Å².